The number of hydrazine groups is 1. The Kier molecular flexibility index (Phi) is 2.10. The molecule has 3 heteroatoms. The second kappa shape index (κ2) is 3.67. The van der Waals surface area contributed by atoms with Crippen LogP contribution >= 0.6 is 0 Å². The summed E-state index contributed by atoms with van der Waals surface area (Å²) >= 11 is 0. The maximum absolute atomic E-state index is 12.6. The third-order valence-electron chi connectivity index (χ3n) is 4.55. The second-order valence-corrected chi connectivity index (χ2v) is 5.52. The molecule has 0 aromatic heterocycles. The Bertz CT molecular complexity index is 527. The van der Waals surface area contributed by atoms with Crippen molar-refractivity contribution >= 4 is 11.6 Å². The monoisotopic (exact) mass is 241 g/mol. The molecule has 0 N–H and O–H groups in total. The highest BCUT2D eigenvalue weighted by molar-refractivity contribution is 6.00. The SMILES string of the molecule is O=C1C2CCCCC2N2C=CC3C=CC=CC3=[N+]12. The summed E-state index contributed by atoms with van der Waals surface area (Å²) in [6.07, 6.45) is 17.3. The summed E-state index contributed by atoms with van der Waals surface area (Å²) in [5.74, 6) is 0.799. The number of carbonyl (C=O) groups is 1. The molecule has 0 radical (unpaired) electrons. The van der Waals surface area contributed by atoms with Crippen LogP contribution in [0, 0.1) is 11.8 Å². The van der Waals surface area contributed by atoms with Gasteiger partial charge in [0.15, 0.2) is 0 Å². The number of fused-ring (bicyclic) bond motifs is 4. The summed E-state index contributed by atoms with van der Waals surface area (Å²) in [5, 5.41) is 2.18. The van der Waals surface area contributed by atoms with Crippen molar-refractivity contribution in [3.8, 4) is 0 Å². The van der Waals surface area contributed by atoms with E-state index in [4.69, 9.17) is 0 Å². The van der Waals surface area contributed by atoms with E-state index < -0.39 is 0 Å². The zero-order chi connectivity index (χ0) is 12.1. The first-order valence-electron chi connectivity index (χ1n) is 6.88. The highest BCUT2D eigenvalue weighted by atomic mass is 16.2. The van der Waals surface area contributed by atoms with Crippen molar-refractivity contribution in [2.75, 3.05) is 0 Å². The molecule has 1 saturated carbocycles. The number of hydrazone groups is 1. The lowest BCUT2D eigenvalue weighted by molar-refractivity contribution is -0.595. The quantitative estimate of drug-likeness (QED) is 0.606. The normalized spacial score (nSPS) is 36.8. The molecule has 4 rings (SSSR count). The minimum atomic E-state index is 0.217. The Morgan fingerprint density at radius 3 is 3.00 bits per heavy atom. The van der Waals surface area contributed by atoms with Gasteiger partial charge >= 0.3 is 5.91 Å². The van der Waals surface area contributed by atoms with Crippen LogP contribution in [0.4, 0.5) is 0 Å². The van der Waals surface area contributed by atoms with Crippen LogP contribution in [-0.2, 0) is 4.79 Å². The van der Waals surface area contributed by atoms with E-state index in [2.05, 4.69) is 35.5 Å². The van der Waals surface area contributed by atoms with Crippen LogP contribution in [0.15, 0.2) is 36.6 Å². The Labute approximate surface area is 107 Å². The Hall–Kier alpha value is -1.64. The predicted octanol–water partition coefficient (Wildman–Crippen LogP) is 2.03. The van der Waals surface area contributed by atoms with E-state index in [1.807, 2.05) is 10.8 Å². The fourth-order valence-electron chi connectivity index (χ4n) is 3.68. The lowest BCUT2D eigenvalue weighted by atomic mass is 9.85. The van der Waals surface area contributed by atoms with E-state index >= 15 is 0 Å². The molecule has 0 aromatic carbocycles. The fourth-order valence-corrected chi connectivity index (χ4v) is 3.68. The molecule has 0 bridgehead atoms. The third kappa shape index (κ3) is 1.25. The van der Waals surface area contributed by atoms with Gasteiger partial charge in [0.2, 0.25) is 5.71 Å². The van der Waals surface area contributed by atoms with Gasteiger partial charge in [-0.3, -0.25) is 0 Å². The van der Waals surface area contributed by atoms with Gasteiger partial charge in [0, 0.05) is 6.08 Å². The summed E-state index contributed by atoms with van der Waals surface area (Å²) in [4.78, 5) is 12.6. The van der Waals surface area contributed by atoms with Gasteiger partial charge in [-0.2, -0.15) is 0 Å². The molecule has 4 aliphatic rings. The van der Waals surface area contributed by atoms with Crippen LogP contribution < -0.4 is 0 Å². The molecule has 2 fully saturated rings. The largest absolute Gasteiger partial charge is 0.420 e. The molecule has 3 atom stereocenters. The first-order valence-corrected chi connectivity index (χ1v) is 6.88. The van der Waals surface area contributed by atoms with E-state index in [9.17, 15) is 4.79 Å². The minimum absolute atomic E-state index is 0.217. The van der Waals surface area contributed by atoms with Crippen LogP contribution in [0.1, 0.15) is 25.7 Å². The molecular formula is C15H17N2O+. The highest BCUT2D eigenvalue weighted by Crippen LogP contribution is 2.37. The summed E-state index contributed by atoms with van der Waals surface area (Å²) in [6, 6.07) is 0.398. The van der Waals surface area contributed by atoms with Crippen molar-refractivity contribution in [1.82, 2.24) is 5.01 Å². The van der Waals surface area contributed by atoms with E-state index in [0.29, 0.717) is 11.9 Å². The van der Waals surface area contributed by atoms with Crippen LogP contribution in [0.2, 0.25) is 0 Å². The van der Waals surface area contributed by atoms with E-state index in [0.717, 1.165) is 18.6 Å². The summed E-state index contributed by atoms with van der Waals surface area (Å²) in [7, 11) is 0. The number of carbonyl (C=O) groups excluding carboxylic acids is 1. The van der Waals surface area contributed by atoms with Crippen molar-refractivity contribution in [1.29, 1.82) is 0 Å². The molecule has 2 heterocycles. The minimum Gasteiger partial charge on any atom is -0.216 e. The van der Waals surface area contributed by atoms with Crippen LogP contribution in [0.3, 0.4) is 0 Å². The summed E-state index contributed by atoms with van der Waals surface area (Å²) in [5.41, 5.74) is 1.12. The van der Waals surface area contributed by atoms with Crippen LogP contribution in [-0.4, -0.2) is 27.4 Å². The average Bonchev–Trinajstić information content (AvgIpc) is 2.73. The zero-order valence-corrected chi connectivity index (χ0v) is 10.3. The van der Waals surface area contributed by atoms with Crippen LogP contribution in [0.25, 0.3) is 0 Å². The Balaban J connectivity index is 1.83. The van der Waals surface area contributed by atoms with Gasteiger partial charge in [-0.1, -0.05) is 31.1 Å². The smallest absolute Gasteiger partial charge is 0.216 e. The molecule has 1 amide bonds. The molecule has 2 aliphatic carbocycles. The fraction of sp³-hybridized carbons (Fsp3) is 0.467. The first-order chi connectivity index (χ1) is 8.86. The van der Waals surface area contributed by atoms with Gasteiger partial charge < -0.3 is 0 Å². The van der Waals surface area contributed by atoms with E-state index in [-0.39, 0.29) is 11.8 Å². The van der Waals surface area contributed by atoms with Crippen molar-refractivity contribution < 1.29 is 9.48 Å². The molecular weight excluding hydrogens is 224 g/mol. The topological polar surface area (TPSA) is 23.3 Å². The summed E-state index contributed by atoms with van der Waals surface area (Å²) in [6.45, 7) is 0. The molecule has 18 heavy (non-hydrogen) atoms. The molecule has 2 aliphatic heterocycles. The molecule has 92 valence electrons. The predicted molar refractivity (Wildman–Crippen MR) is 68.8 cm³/mol. The highest BCUT2D eigenvalue weighted by Gasteiger charge is 2.54. The van der Waals surface area contributed by atoms with Gasteiger partial charge in [0.25, 0.3) is 0 Å². The first kappa shape index (κ1) is 10.3. The van der Waals surface area contributed by atoms with E-state index in [1.54, 1.807) is 0 Å². The number of rotatable bonds is 0. The maximum Gasteiger partial charge on any atom is 0.420 e. The Morgan fingerprint density at radius 2 is 2.06 bits per heavy atom. The second-order valence-electron chi connectivity index (χ2n) is 5.52. The third-order valence-corrected chi connectivity index (χ3v) is 4.55. The van der Waals surface area contributed by atoms with Gasteiger partial charge in [-0.05, 0) is 23.6 Å². The lowest BCUT2D eigenvalue weighted by Gasteiger charge is -2.25. The van der Waals surface area contributed by atoms with Gasteiger partial charge in [0.05, 0.1) is 12.1 Å². The number of amides is 1. The van der Waals surface area contributed by atoms with Crippen LogP contribution in [0.5, 0.6) is 0 Å². The number of hydrogen-bond donors (Lipinski definition) is 0. The maximum atomic E-state index is 12.6. The molecule has 3 unspecified atom stereocenters. The van der Waals surface area contributed by atoms with Gasteiger partial charge in [-0.15, -0.1) is 5.01 Å². The molecule has 0 aromatic rings. The van der Waals surface area contributed by atoms with Crippen molar-refractivity contribution in [2.45, 2.75) is 31.7 Å². The molecule has 0 spiro atoms. The average molecular weight is 241 g/mol. The lowest BCUT2D eigenvalue weighted by Crippen LogP contribution is -2.40. The molecule has 1 saturated heterocycles. The van der Waals surface area contributed by atoms with Crippen molar-refractivity contribution in [3.63, 3.8) is 0 Å². The number of allylic oxidation sites excluding steroid dienone is 5. The number of hydrogen-bond acceptors (Lipinski definition) is 2. The van der Waals surface area contributed by atoms with Crippen molar-refractivity contribution in [2.24, 2.45) is 11.8 Å². The summed E-state index contributed by atoms with van der Waals surface area (Å²) < 4.78 is 1.94. The van der Waals surface area contributed by atoms with Crippen molar-refractivity contribution in [3.05, 3.63) is 36.6 Å². The van der Waals surface area contributed by atoms with Gasteiger partial charge in [-0.25, -0.2) is 4.79 Å². The standard InChI is InChI=1S/C15H17N2O/c18-15-12-6-2-4-8-14(12)16-10-9-11-5-1-3-7-13(11)17(15)16/h1,3,5,7,9-12,14H,2,4,6,8H2/q+1. The van der Waals surface area contributed by atoms with E-state index in [1.165, 1.54) is 12.8 Å². The van der Waals surface area contributed by atoms with Gasteiger partial charge in [0.1, 0.15) is 12.0 Å². The Morgan fingerprint density at radius 1 is 1.17 bits per heavy atom. The zero-order valence-electron chi connectivity index (χ0n) is 10.3. The molecule has 3 nitrogen and oxygen atoms in total. The number of nitrogens with zero attached hydrogens (tertiary/aromatic N) is 2.